The van der Waals surface area contributed by atoms with Crippen molar-refractivity contribution in [1.29, 1.82) is 0 Å². The highest BCUT2D eigenvalue weighted by Crippen LogP contribution is 2.34. The second-order valence-corrected chi connectivity index (χ2v) is 11.7. The maximum absolute atomic E-state index is 14.1. The fraction of sp³-hybridized carbons (Fsp3) is 0.259. The van der Waals surface area contributed by atoms with Gasteiger partial charge in [-0.1, -0.05) is 59.6 Å². The maximum Gasteiger partial charge on any atom is 0.305 e. The second-order valence-electron chi connectivity index (χ2n) is 8.98. The molecular formula is C27H25Cl2FN2O6S. The van der Waals surface area contributed by atoms with Crippen molar-refractivity contribution in [3.8, 4) is 16.9 Å². The quantitative estimate of drug-likeness (QED) is 0.348. The minimum atomic E-state index is -4.10. The van der Waals surface area contributed by atoms with Gasteiger partial charge in [-0.05, 0) is 48.2 Å². The van der Waals surface area contributed by atoms with E-state index in [1.165, 1.54) is 31.4 Å². The van der Waals surface area contributed by atoms with Gasteiger partial charge in [0.2, 0.25) is 15.9 Å². The molecule has 2 N–H and O–H groups in total. The molecule has 0 aromatic heterocycles. The van der Waals surface area contributed by atoms with Gasteiger partial charge in [-0.3, -0.25) is 9.59 Å². The monoisotopic (exact) mass is 594 g/mol. The Morgan fingerprint density at radius 1 is 1.13 bits per heavy atom. The number of carboxylic acids is 1. The molecule has 3 aromatic rings. The predicted octanol–water partition coefficient (Wildman–Crippen LogP) is 5.29. The third-order valence-electron chi connectivity index (χ3n) is 6.44. The van der Waals surface area contributed by atoms with Crippen molar-refractivity contribution in [2.45, 2.75) is 36.2 Å². The Labute approximate surface area is 235 Å². The Bertz CT molecular complexity index is 1480. The van der Waals surface area contributed by atoms with Gasteiger partial charge in [-0.15, -0.1) is 0 Å². The van der Waals surface area contributed by atoms with Gasteiger partial charge >= 0.3 is 5.97 Å². The van der Waals surface area contributed by atoms with Gasteiger partial charge in [0.15, 0.2) is 11.6 Å². The van der Waals surface area contributed by atoms with E-state index in [4.69, 9.17) is 27.9 Å². The zero-order chi connectivity index (χ0) is 28.3. The lowest BCUT2D eigenvalue weighted by Gasteiger charge is -2.26. The van der Waals surface area contributed by atoms with Crippen LogP contribution >= 0.6 is 23.2 Å². The molecule has 0 unspecified atom stereocenters. The number of rotatable bonds is 9. The first kappa shape index (κ1) is 28.8. The minimum Gasteiger partial charge on any atom is -0.493 e. The van der Waals surface area contributed by atoms with Crippen molar-refractivity contribution < 1.29 is 32.2 Å². The number of carbonyl (C=O) groups excluding carboxylic acids is 1. The van der Waals surface area contributed by atoms with Crippen LogP contribution in [0.1, 0.15) is 30.9 Å². The summed E-state index contributed by atoms with van der Waals surface area (Å²) in [6.45, 7) is 0.109. The molecule has 1 aliphatic heterocycles. The normalized spacial score (nSPS) is 16.6. The van der Waals surface area contributed by atoms with Crippen LogP contribution in [-0.2, 0) is 19.6 Å². The van der Waals surface area contributed by atoms with Gasteiger partial charge in [0, 0.05) is 22.2 Å². The average molecular weight is 595 g/mol. The number of aliphatic carboxylic acids is 1. The Morgan fingerprint density at radius 2 is 1.79 bits per heavy atom. The number of sulfonamides is 1. The molecule has 1 fully saturated rings. The van der Waals surface area contributed by atoms with Gasteiger partial charge in [0.05, 0.1) is 24.5 Å². The fourth-order valence-corrected chi connectivity index (χ4v) is 7.02. The summed E-state index contributed by atoms with van der Waals surface area (Å²) in [6.07, 6.45) is 0.272. The van der Waals surface area contributed by atoms with E-state index >= 15 is 0 Å². The molecule has 0 radical (unpaired) electrons. The molecule has 2 atom stereocenters. The van der Waals surface area contributed by atoms with Crippen molar-refractivity contribution in [1.82, 2.24) is 9.62 Å². The molecule has 0 spiro atoms. The number of carboxylic acid groups (broad SMARTS) is 1. The van der Waals surface area contributed by atoms with Crippen molar-refractivity contribution in [2.75, 3.05) is 13.7 Å². The number of ether oxygens (including phenoxy) is 1. The molecule has 1 aliphatic rings. The predicted molar refractivity (Wildman–Crippen MR) is 145 cm³/mol. The van der Waals surface area contributed by atoms with Gasteiger partial charge < -0.3 is 15.2 Å². The van der Waals surface area contributed by atoms with Crippen LogP contribution in [0.25, 0.3) is 11.1 Å². The van der Waals surface area contributed by atoms with Crippen LogP contribution in [0.15, 0.2) is 65.6 Å². The number of hydrogen-bond donors (Lipinski definition) is 2. The average Bonchev–Trinajstić information content (AvgIpc) is 3.39. The summed E-state index contributed by atoms with van der Waals surface area (Å²) >= 11 is 12.0. The largest absolute Gasteiger partial charge is 0.493 e. The highest BCUT2D eigenvalue weighted by molar-refractivity contribution is 7.89. The standard InChI is InChI=1S/C27H25Cl2FN2O6S/c1-38-26-21(4-2-5-22(26)30)16-7-9-17(10-8-16)23(15-25(33)34)31-27(35)24-6-3-11-32(24)39(36,37)20-13-18(28)12-19(29)14-20/h2,4-5,7-10,12-14,23-24H,3,6,11,15H2,1H3,(H,31,35)(H,33,34)/t23-,24+/m1/s1. The lowest BCUT2D eigenvalue weighted by Crippen LogP contribution is -2.47. The molecule has 0 aliphatic carbocycles. The summed E-state index contributed by atoms with van der Waals surface area (Å²) in [5.74, 6) is -2.22. The van der Waals surface area contributed by atoms with Gasteiger partial charge in [-0.2, -0.15) is 4.31 Å². The van der Waals surface area contributed by atoms with E-state index < -0.39 is 46.2 Å². The summed E-state index contributed by atoms with van der Waals surface area (Å²) in [7, 11) is -2.74. The SMILES string of the molecule is COc1c(F)cccc1-c1ccc([C@@H](CC(=O)O)NC(=O)[C@@H]2CCCN2S(=O)(=O)c2cc(Cl)cc(Cl)c2)cc1. The molecule has 39 heavy (non-hydrogen) atoms. The smallest absolute Gasteiger partial charge is 0.305 e. The molecule has 206 valence electrons. The third-order valence-corrected chi connectivity index (χ3v) is 8.76. The van der Waals surface area contributed by atoms with Crippen LogP contribution in [-0.4, -0.2) is 49.4 Å². The van der Waals surface area contributed by atoms with Gasteiger partial charge in [0.1, 0.15) is 6.04 Å². The van der Waals surface area contributed by atoms with E-state index in [-0.39, 0.29) is 33.7 Å². The van der Waals surface area contributed by atoms with Crippen molar-refractivity contribution >= 4 is 45.1 Å². The fourth-order valence-electron chi connectivity index (χ4n) is 4.64. The van der Waals surface area contributed by atoms with Crippen LogP contribution < -0.4 is 10.1 Å². The molecular weight excluding hydrogens is 570 g/mol. The molecule has 1 amide bonds. The van der Waals surface area contributed by atoms with Crippen LogP contribution in [0.2, 0.25) is 10.0 Å². The van der Waals surface area contributed by atoms with Crippen molar-refractivity contribution in [3.63, 3.8) is 0 Å². The van der Waals surface area contributed by atoms with Gasteiger partial charge in [-0.25, -0.2) is 12.8 Å². The number of amides is 1. The number of methoxy groups -OCH3 is 1. The first-order valence-corrected chi connectivity index (χ1v) is 14.1. The third kappa shape index (κ3) is 6.36. The first-order chi connectivity index (χ1) is 18.5. The molecule has 3 aromatic carbocycles. The van der Waals surface area contributed by atoms with Crippen molar-refractivity contribution in [2.24, 2.45) is 0 Å². The van der Waals surface area contributed by atoms with Crippen LogP contribution in [0, 0.1) is 5.82 Å². The highest BCUT2D eigenvalue weighted by atomic mass is 35.5. The first-order valence-electron chi connectivity index (χ1n) is 11.9. The molecule has 1 heterocycles. The van der Waals surface area contributed by atoms with E-state index in [0.717, 1.165) is 4.31 Å². The zero-order valence-corrected chi connectivity index (χ0v) is 23.1. The topological polar surface area (TPSA) is 113 Å². The summed E-state index contributed by atoms with van der Waals surface area (Å²) in [5, 5.41) is 12.5. The van der Waals surface area contributed by atoms with E-state index in [1.807, 2.05) is 0 Å². The minimum absolute atomic E-state index is 0.0733. The summed E-state index contributed by atoms with van der Waals surface area (Å²) in [4.78, 5) is 24.8. The number of para-hydroxylation sites is 1. The second kappa shape index (κ2) is 11.9. The maximum atomic E-state index is 14.1. The Morgan fingerprint density at radius 3 is 2.41 bits per heavy atom. The summed E-state index contributed by atoms with van der Waals surface area (Å²) < 4.78 is 47.1. The van der Waals surface area contributed by atoms with E-state index in [9.17, 15) is 27.5 Å². The number of halogens is 3. The number of hydrogen-bond acceptors (Lipinski definition) is 5. The molecule has 8 nitrogen and oxygen atoms in total. The number of benzene rings is 3. The van der Waals surface area contributed by atoms with Crippen LogP contribution in [0.4, 0.5) is 4.39 Å². The van der Waals surface area contributed by atoms with E-state index in [2.05, 4.69) is 5.32 Å². The van der Waals surface area contributed by atoms with Crippen LogP contribution in [0.5, 0.6) is 5.75 Å². The van der Waals surface area contributed by atoms with Crippen molar-refractivity contribution in [3.05, 3.63) is 82.1 Å². The summed E-state index contributed by atoms with van der Waals surface area (Å²) in [5.41, 5.74) is 1.62. The Kier molecular flexibility index (Phi) is 8.80. The molecule has 12 heteroatoms. The molecule has 0 saturated carbocycles. The lowest BCUT2D eigenvalue weighted by molar-refractivity contribution is -0.137. The highest BCUT2D eigenvalue weighted by Gasteiger charge is 2.40. The summed E-state index contributed by atoms with van der Waals surface area (Å²) in [6, 6.07) is 13.1. The number of nitrogens with one attached hydrogen (secondary N) is 1. The van der Waals surface area contributed by atoms with Crippen LogP contribution in [0.3, 0.4) is 0 Å². The molecule has 4 rings (SSSR count). The Balaban J connectivity index is 1.58. The Hall–Kier alpha value is -3.18. The molecule has 0 bridgehead atoms. The molecule has 1 saturated heterocycles. The van der Waals surface area contributed by atoms with Gasteiger partial charge in [0.25, 0.3) is 0 Å². The lowest BCUT2D eigenvalue weighted by atomic mass is 9.98. The van der Waals surface area contributed by atoms with E-state index in [0.29, 0.717) is 23.1 Å². The number of nitrogens with zero attached hydrogens (tertiary/aromatic N) is 1. The number of carbonyl (C=O) groups is 2. The zero-order valence-electron chi connectivity index (χ0n) is 20.7. The van der Waals surface area contributed by atoms with E-state index in [1.54, 1.807) is 36.4 Å².